The Kier molecular flexibility index (Phi) is 6.98. The largest absolute Gasteiger partial charge is 0.459 e. The number of rotatable bonds is 5. The van der Waals surface area contributed by atoms with Crippen molar-refractivity contribution in [2.75, 3.05) is 13.2 Å². The molecular weight excluding hydrogens is 168 g/mol. The fourth-order valence-electron chi connectivity index (χ4n) is 0.675. The first-order valence-electron chi connectivity index (χ1n) is 4.42. The van der Waals surface area contributed by atoms with Crippen LogP contribution in [-0.4, -0.2) is 24.3 Å². The van der Waals surface area contributed by atoms with E-state index in [1.165, 1.54) is 0 Å². The summed E-state index contributed by atoms with van der Waals surface area (Å²) in [6, 6.07) is 0. The van der Waals surface area contributed by atoms with Gasteiger partial charge in [0.05, 0.1) is 12.2 Å². The first-order valence-corrected chi connectivity index (χ1v) is 4.42. The summed E-state index contributed by atoms with van der Waals surface area (Å²) in [5, 5.41) is 8.40. The second-order valence-electron chi connectivity index (χ2n) is 2.62. The van der Waals surface area contributed by atoms with Crippen molar-refractivity contribution in [2.24, 2.45) is 0 Å². The number of aliphatic hydroxyl groups is 1. The van der Waals surface area contributed by atoms with E-state index < -0.39 is 5.97 Å². The van der Waals surface area contributed by atoms with Gasteiger partial charge in [0.1, 0.15) is 6.61 Å². The van der Waals surface area contributed by atoms with Crippen LogP contribution < -0.4 is 0 Å². The average Bonchev–Trinajstić information content (AvgIpc) is 2.14. The fourth-order valence-corrected chi connectivity index (χ4v) is 0.675. The summed E-state index contributed by atoms with van der Waals surface area (Å²) in [6.07, 6.45) is 3.76. The summed E-state index contributed by atoms with van der Waals surface area (Å²) in [5.74, 6) is -0.415. The van der Waals surface area contributed by atoms with Crippen LogP contribution in [0.5, 0.6) is 0 Å². The number of unbranched alkanes of at least 4 members (excludes halogenated alkanes) is 1. The molecule has 0 aromatic carbocycles. The lowest BCUT2D eigenvalue weighted by Crippen LogP contribution is -2.08. The van der Waals surface area contributed by atoms with E-state index in [0.29, 0.717) is 5.57 Å². The average molecular weight is 184 g/mol. The van der Waals surface area contributed by atoms with Gasteiger partial charge in [-0.2, -0.15) is 0 Å². The van der Waals surface area contributed by atoms with Crippen molar-refractivity contribution in [3.63, 3.8) is 0 Å². The number of carbonyl (C=O) groups is 1. The van der Waals surface area contributed by atoms with Crippen LogP contribution in [0.15, 0.2) is 17.4 Å². The Balaban J connectivity index is 4.00. The molecule has 0 bridgehead atoms. The van der Waals surface area contributed by atoms with Crippen molar-refractivity contribution in [3.8, 4) is 0 Å². The Labute approximate surface area is 78.7 Å². The zero-order chi connectivity index (χ0) is 10.1. The predicted molar refractivity (Wildman–Crippen MR) is 50.2 cm³/mol. The standard InChI is InChI=1S/C10H16O3/c1-3-4-5-6-9(2)10(12)13-8-7-11/h5,11H,3-4,7-8H2,1-2H3. The third-order valence-electron chi connectivity index (χ3n) is 1.38. The van der Waals surface area contributed by atoms with Gasteiger partial charge in [-0.3, -0.25) is 0 Å². The lowest BCUT2D eigenvalue weighted by atomic mass is 10.3. The molecule has 13 heavy (non-hydrogen) atoms. The van der Waals surface area contributed by atoms with E-state index in [-0.39, 0.29) is 13.2 Å². The maximum atomic E-state index is 11.0. The molecule has 0 fully saturated rings. The molecule has 0 saturated heterocycles. The SMILES string of the molecule is CCCC=C=C(C)C(=O)OCCO. The molecule has 1 N–H and O–H groups in total. The summed E-state index contributed by atoms with van der Waals surface area (Å²) in [4.78, 5) is 11.0. The van der Waals surface area contributed by atoms with E-state index in [0.717, 1.165) is 12.8 Å². The molecule has 0 atom stereocenters. The number of carbonyl (C=O) groups excluding carboxylic acids is 1. The molecule has 0 aliphatic carbocycles. The highest BCUT2D eigenvalue weighted by atomic mass is 16.5. The van der Waals surface area contributed by atoms with Crippen molar-refractivity contribution in [1.82, 2.24) is 0 Å². The quantitative estimate of drug-likeness (QED) is 0.399. The Morgan fingerprint density at radius 2 is 2.31 bits per heavy atom. The van der Waals surface area contributed by atoms with E-state index >= 15 is 0 Å². The van der Waals surface area contributed by atoms with Crippen LogP contribution in [0.3, 0.4) is 0 Å². The second kappa shape index (κ2) is 7.59. The lowest BCUT2D eigenvalue weighted by molar-refractivity contribution is -0.139. The first-order chi connectivity index (χ1) is 6.22. The molecule has 0 aliphatic heterocycles. The van der Waals surface area contributed by atoms with Gasteiger partial charge in [0, 0.05) is 0 Å². The van der Waals surface area contributed by atoms with Gasteiger partial charge in [0.2, 0.25) is 0 Å². The van der Waals surface area contributed by atoms with Gasteiger partial charge >= 0.3 is 5.97 Å². The predicted octanol–water partition coefficient (Wildman–Crippen LogP) is 1.42. The summed E-state index contributed by atoms with van der Waals surface area (Å²) in [5.41, 5.74) is 3.27. The van der Waals surface area contributed by atoms with Crippen molar-refractivity contribution < 1.29 is 14.6 Å². The van der Waals surface area contributed by atoms with Gasteiger partial charge in [-0.1, -0.05) is 13.3 Å². The van der Waals surface area contributed by atoms with E-state index in [2.05, 4.69) is 17.4 Å². The van der Waals surface area contributed by atoms with Gasteiger partial charge in [-0.25, -0.2) is 4.79 Å². The fraction of sp³-hybridized carbons (Fsp3) is 0.600. The third kappa shape index (κ3) is 6.14. The van der Waals surface area contributed by atoms with Crippen molar-refractivity contribution >= 4 is 5.97 Å². The molecular formula is C10H16O3. The number of hydrogen-bond acceptors (Lipinski definition) is 3. The number of hydrogen-bond donors (Lipinski definition) is 1. The van der Waals surface area contributed by atoms with Crippen LogP contribution in [0.4, 0.5) is 0 Å². The molecule has 0 aromatic rings. The van der Waals surface area contributed by atoms with Crippen molar-refractivity contribution in [2.45, 2.75) is 26.7 Å². The topological polar surface area (TPSA) is 46.5 Å². The highest BCUT2D eigenvalue weighted by Crippen LogP contribution is 1.95. The van der Waals surface area contributed by atoms with E-state index in [9.17, 15) is 4.79 Å². The Hall–Kier alpha value is -1.05. The second-order valence-corrected chi connectivity index (χ2v) is 2.62. The molecule has 0 spiro atoms. The molecule has 0 heterocycles. The zero-order valence-electron chi connectivity index (χ0n) is 8.17. The Bertz CT molecular complexity index is 212. The molecule has 0 unspecified atom stereocenters. The third-order valence-corrected chi connectivity index (χ3v) is 1.38. The normalized spacial score (nSPS) is 8.85. The van der Waals surface area contributed by atoms with Crippen LogP contribution in [0.25, 0.3) is 0 Å². The van der Waals surface area contributed by atoms with Gasteiger partial charge in [-0.05, 0) is 19.4 Å². The first kappa shape index (κ1) is 11.9. The van der Waals surface area contributed by atoms with Crippen LogP contribution in [0, 0.1) is 0 Å². The summed E-state index contributed by atoms with van der Waals surface area (Å²) in [6.45, 7) is 3.60. The Morgan fingerprint density at radius 1 is 1.62 bits per heavy atom. The molecule has 0 saturated carbocycles. The van der Waals surface area contributed by atoms with Crippen LogP contribution in [0.1, 0.15) is 26.7 Å². The minimum absolute atomic E-state index is 0.0473. The molecule has 0 aliphatic rings. The summed E-state index contributed by atoms with van der Waals surface area (Å²) < 4.78 is 4.68. The minimum Gasteiger partial charge on any atom is -0.459 e. The molecule has 0 radical (unpaired) electrons. The van der Waals surface area contributed by atoms with Gasteiger partial charge in [-0.15, -0.1) is 5.73 Å². The van der Waals surface area contributed by atoms with Crippen molar-refractivity contribution in [3.05, 3.63) is 17.4 Å². The Morgan fingerprint density at radius 3 is 2.85 bits per heavy atom. The molecule has 0 rings (SSSR count). The van der Waals surface area contributed by atoms with Gasteiger partial charge in [0.25, 0.3) is 0 Å². The smallest absolute Gasteiger partial charge is 0.341 e. The number of aliphatic hydroxyl groups excluding tert-OH is 1. The van der Waals surface area contributed by atoms with Crippen LogP contribution in [0.2, 0.25) is 0 Å². The van der Waals surface area contributed by atoms with Crippen molar-refractivity contribution in [1.29, 1.82) is 0 Å². The maximum Gasteiger partial charge on any atom is 0.341 e. The number of ether oxygens (including phenoxy) is 1. The maximum absolute atomic E-state index is 11.0. The number of esters is 1. The highest BCUT2D eigenvalue weighted by molar-refractivity contribution is 5.87. The van der Waals surface area contributed by atoms with E-state index in [4.69, 9.17) is 5.11 Å². The van der Waals surface area contributed by atoms with Crippen LogP contribution in [-0.2, 0) is 9.53 Å². The summed E-state index contributed by atoms with van der Waals surface area (Å²) in [7, 11) is 0. The molecule has 3 heteroatoms. The van der Waals surface area contributed by atoms with Crippen LogP contribution >= 0.6 is 0 Å². The molecule has 3 nitrogen and oxygen atoms in total. The van der Waals surface area contributed by atoms with Gasteiger partial charge < -0.3 is 9.84 Å². The monoisotopic (exact) mass is 184 g/mol. The lowest BCUT2D eigenvalue weighted by Gasteiger charge is -1.99. The highest BCUT2D eigenvalue weighted by Gasteiger charge is 2.02. The molecule has 0 amide bonds. The summed E-state index contributed by atoms with van der Waals surface area (Å²) >= 11 is 0. The minimum atomic E-state index is -0.415. The van der Waals surface area contributed by atoms with Gasteiger partial charge in [0.15, 0.2) is 0 Å². The molecule has 0 aromatic heterocycles. The van der Waals surface area contributed by atoms with E-state index in [1.807, 2.05) is 6.08 Å². The zero-order valence-corrected chi connectivity index (χ0v) is 8.17. The molecule has 74 valence electrons. The van der Waals surface area contributed by atoms with E-state index in [1.54, 1.807) is 6.92 Å².